The van der Waals surface area contributed by atoms with Gasteiger partial charge in [-0.25, -0.2) is 0 Å². The minimum absolute atomic E-state index is 0.305. The van der Waals surface area contributed by atoms with Gasteiger partial charge in [-0.05, 0) is 53.1 Å². The van der Waals surface area contributed by atoms with Crippen molar-refractivity contribution >= 4 is 0 Å². The van der Waals surface area contributed by atoms with Crippen molar-refractivity contribution in [1.29, 1.82) is 0 Å². The topological polar surface area (TPSA) is 24.1 Å². The first kappa shape index (κ1) is 11.0. The van der Waals surface area contributed by atoms with Crippen LogP contribution in [0.3, 0.4) is 0 Å². The SMILES string of the molecule is CNC(C)(C)CCC1CCCCN1. The maximum absolute atomic E-state index is 3.59. The Balaban J connectivity index is 2.17. The summed E-state index contributed by atoms with van der Waals surface area (Å²) in [4.78, 5) is 0. The van der Waals surface area contributed by atoms with Crippen LogP contribution in [0.2, 0.25) is 0 Å². The lowest BCUT2D eigenvalue weighted by Gasteiger charge is -2.29. The third-order valence-corrected chi connectivity index (χ3v) is 3.21. The highest BCUT2D eigenvalue weighted by Gasteiger charge is 2.18. The van der Waals surface area contributed by atoms with Crippen LogP contribution in [0, 0.1) is 0 Å². The van der Waals surface area contributed by atoms with Crippen LogP contribution >= 0.6 is 0 Å². The van der Waals surface area contributed by atoms with Crippen LogP contribution in [0.15, 0.2) is 0 Å². The molecule has 1 fully saturated rings. The van der Waals surface area contributed by atoms with Gasteiger partial charge in [0.2, 0.25) is 0 Å². The molecule has 2 N–H and O–H groups in total. The van der Waals surface area contributed by atoms with Crippen LogP contribution in [-0.4, -0.2) is 25.2 Å². The van der Waals surface area contributed by atoms with Crippen molar-refractivity contribution < 1.29 is 0 Å². The van der Waals surface area contributed by atoms with Gasteiger partial charge in [0, 0.05) is 11.6 Å². The van der Waals surface area contributed by atoms with Crippen LogP contribution in [-0.2, 0) is 0 Å². The summed E-state index contributed by atoms with van der Waals surface area (Å²) in [5.41, 5.74) is 0.305. The molecule has 1 rings (SSSR count). The largest absolute Gasteiger partial charge is 0.315 e. The summed E-state index contributed by atoms with van der Waals surface area (Å²) in [6.07, 6.45) is 6.73. The summed E-state index contributed by atoms with van der Waals surface area (Å²) in [5.74, 6) is 0. The molecule has 0 aromatic rings. The highest BCUT2D eigenvalue weighted by Crippen LogP contribution is 2.17. The summed E-state index contributed by atoms with van der Waals surface area (Å²) in [5, 5.41) is 6.94. The molecule has 0 amide bonds. The molecule has 0 aromatic carbocycles. The molecule has 13 heavy (non-hydrogen) atoms. The third-order valence-electron chi connectivity index (χ3n) is 3.21. The predicted octanol–water partition coefficient (Wildman–Crippen LogP) is 1.91. The Morgan fingerprint density at radius 2 is 2.15 bits per heavy atom. The van der Waals surface area contributed by atoms with Crippen molar-refractivity contribution in [1.82, 2.24) is 10.6 Å². The monoisotopic (exact) mass is 184 g/mol. The Kier molecular flexibility index (Phi) is 4.20. The second kappa shape index (κ2) is 4.97. The Morgan fingerprint density at radius 1 is 1.38 bits per heavy atom. The fourth-order valence-corrected chi connectivity index (χ4v) is 1.83. The zero-order valence-corrected chi connectivity index (χ0v) is 9.32. The van der Waals surface area contributed by atoms with E-state index in [1.165, 1.54) is 38.6 Å². The van der Waals surface area contributed by atoms with Crippen LogP contribution < -0.4 is 10.6 Å². The first-order chi connectivity index (χ1) is 6.14. The highest BCUT2D eigenvalue weighted by molar-refractivity contribution is 4.80. The number of piperidine rings is 1. The van der Waals surface area contributed by atoms with Gasteiger partial charge in [0.25, 0.3) is 0 Å². The van der Waals surface area contributed by atoms with E-state index < -0.39 is 0 Å². The van der Waals surface area contributed by atoms with Crippen LogP contribution in [0.1, 0.15) is 46.0 Å². The lowest BCUT2D eigenvalue weighted by molar-refractivity contribution is 0.316. The average Bonchev–Trinajstić information content (AvgIpc) is 2.17. The van der Waals surface area contributed by atoms with Gasteiger partial charge in [-0.2, -0.15) is 0 Å². The molecular formula is C11H24N2. The molecule has 0 bridgehead atoms. The van der Waals surface area contributed by atoms with Crippen molar-refractivity contribution in [3.05, 3.63) is 0 Å². The van der Waals surface area contributed by atoms with E-state index in [4.69, 9.17) is 0 Å². The zero-order chi connectivity index (χ0) is 9.73. The van der Waals surface area contributed by atoms with Crippen molar-refractivity contribution in [2.24, 2.45) is 0 Å². The highest BCUT2D eigenvalue weighted by atomic mass is 14.9. The van der Waals surface area contributed by atoms with Gasteiger partial charge in [0.05, 0.1) is 0 Å². The Bertz CT molecular complexity index is 137. The van der Waals surface area contributed by atoms with Crippen LogP contribution in [0.25, 0.3) is 0 Å². The standard InChI is InChI=1S/C11H24N2/c1-11(2,12-3)8-7-10-6-4-5-9-13-10/h10,12-13H,4-9H2,1-3H3. The molecule has 1 heterocycles. The van der Waals surface area contributed by atoms with Crippen molar-refractivity contribution in [2.75, 3.05) is 13.6 Å². The van der Waals surface area contributed by atoms with Gasteiger partial charge in [0.1, 0.15) is 0 Å². The molecule has 1 saturated heterocycles. The molecule has 0 saturated carbocycles. The predicted molar refractivity (Wildman–Crippen MR) is 58.0 cm³/mol. The number of hydrogen-bond acceptors (Lipinski definition) is 2. The van der Waals surface area contributed by atoms with Crippen molar-refractivity contribution in [3.63, 3.8) is 0 Å². The van der Waals surface area contributed by atoms with Crippen LogP contribution in [0.5, 0.6) is 0 Å². The van der Waals surface area contributed by atoms with Gasteiger partial charge in [0.15, 0.2) is 0 Å². The summed E-state index contributed by atoms with van der Waals surface area (Å²) in [6.45, 7) is 5.77. The minimum Gasteiger partial charge on any atom is -0.315 e. The smallest absolute Gasteiger partial charge is 0.0122 e. The molecule has 1 aliphatic heterocycles. The Hall–Kier alpha value is -0.0800. The first-order valence-electron chi connectivity index (χ1n) is 5.56. The van der Waals surface area contributed by atoms with Gasteiger partial charge in [-0.15, -0.1) is 0 Å². The van der Waals surface area contributed by atoms with Gasteiger partial charge in [-0.1, -0.05) is 6.42 Å². The molecule has 0 spiro atoms. The fourth-order valence-electron chi connectivity index (χ4n) is 1.83. The average molecular weight is 184 g/mol. The molecule has 2 heteroatoms. The Morgan fingerprint density at radius 3 is 2.69 bits per heavy atom. The number of rotatable bonds is 4. The van der Waals surface area contributed by atoms with E-state index in [0.29, 0.717) is 5.54 Å². The van der Waals surface area contributed by atoms with E-state index in [0.717, 1.165) is 6.04 Å². The number of nitrogens with one attached hydrogen (secondary N) is 2. The molecule has 0 radical (unpaired) electrons. The van der Waals surface area contributed by atoms with Crippen molar-refractivity contribution in [3.8, 4) is 0 Å². The maximum Gasteiger partial charge on any atom is 0.0122 e. The van der Waals surface area contributed by atoms with E-state index in [9.17, 15) is 0 Å². The van der Waals surface area contributed by atoms with Crippen molar-refractivity contribution in [2.45, 2.75) is 57.5 Å². The molecule has 0 aliphatic carbocycles. The fraction of sp³-hybridized carbons (Fsp3) is 1.00. The summed E-state index contributed by atoms with van der Waals surface area (Å²) >= 11 is 0. The maximum atomic E-state index is 3.59. The minimum atomic E-state index is 0.305. The van der Waals surface area contributed by atoms with Gasteiger partial charge >= 0.3 is 0 Å². The third kappa shape index (κ3) is 4.10. The summed E-state index contributed by atoms with van der Waals surface area (Å²) in [6, 6.07) is 0.779. The van der Waals surface area contributed by atoms with Gasteiger partial charge < -0.3 is 10.6 Å². The second-order valence-electron chi connectivity index (χ2n) is 4.82. The summed E-state index contributed by atoms with van der Waals surface area (Å²) < 4.78 is 0. The van der Waals surface area contributed by atoms with E-state index in [-0.39, 0.29) is 0 Å². The molecule has 1 aliphatic rings. The number of hydrogen-bond donors (Lipinski definition) is 2. The molecule has 2 nitrogen and oxygen atoms in total. The molecule has 1 unspecified atom stereocenters. The molecule has 1 atom stereocenters. The van der Waals surface area contributed by atoms with E-state index in [1.54, 1.807) is 0 Å². The zero-order valence-electron chi connectivity index (χ0n) is 9.32. The van der Waals surface area contributed by atoms with Gasteiger partial charge in [-0.3, -0.25) is 0 Å². The van der Waals surface area contributed by atoms with E-state index in [1.807, 2.05) is 7.05 Å². The quantitative estimate of drug-likeness (QED) is 0.697. The van der Waals surface area contributed by atoms with E-state index in [2.05, 4.69) is 24.5 Å². The molecular weight excluding hydrogens is 160 g/mol. The lowest BCUT2D eigenvalue weighted by Crippen LogP contribution is -2.40. The summed E-state index contributed by atoms with van der Waals surface area (Å²) in [7, 11) is 2.05. The Labute approximate surface area is 82.5 Å². The molecule has 0 aromatic heterocycles. The first-order valence-corrected chi connectivity index (χ1v) is 5.56. The van der Waals surface area contributed by atoms with E-state index >= 15 is 0 Å². The normalized spacial score (nSPS) is 24.7. The van der Waals surface area contributed by atoms with Crippen LogP contribution in [0.4, 0.5) is 0 Å². The second-order valence-corrected chi connectivity index (χ2v) is 4.82. The molecule has 78 valence electrons. The lowest BCUT2D eigenvalue weighted by atomic mass is 9.92.